The Morgan fingerprint density at radius 3 is 2.29 bits per heavy atom. The van der Waals surface area contributed by atoms with E-state index in [1.807, 2.05) is 80.7 Å². The van der Waals surface area contributed by atoms with E-state index in [0.29, 0.717) is 18.0 Å². The molecule has 1 amide bonds. The lowest BCUT2D eigenvalue weighted by Gasteiger charge is -2.28. The molecule has 1 N–H and O–H groups in total. The van der Waals surface area contributed by atoms with Gasteiger partial charge in [0.15, 0.2) is 0 Å². The third kappa shape index (κ3) is 4.78. The minimum absolute atomic E-state index is 0.0893. The number of nitrogens with one attached hydrogen (secondary N) is 1. The number of hydrogen-bond acceptors (Lipinski definition) is 3. The lowest BCUT2D eigenvalue weighted by Crippen LogP contribution is -2.34. The number of carbonyl (C=O) groups excluding carboxylic acids is 1. The summed E-state index contributed by atoms with van der Waals surface area (Å²) in [6, 6.07) is 25.3. The van der Waals surface area contributed by atoms with Crippen molar-refractivity contribution in [2.75, 3.05) is 19.5 Å². The van der Waals surface area contributed by atoms with E-state index in [2.05, 4.69) is 22.3 Å². The summed E-state index contributed by atoms with van der Waals surface area (Å²) in [6.45, 7) is 2.66. The Morgan fingerprint density at radius 1 is 1.00 bits per heavy atom. The van der Waals surface area contributed by atoms with Crippen molar-refractivity contribution in [3.8, 4) is 5.75 Å². The molecule has 144 valence electrons. The lowest BCUT2D eigenvalue weighted by molar-refractivity contribution is -0.121. The number of anilines is 1. The van der Waals surface area contributed by atoms with Gasteiger partial charge in [-0.25, -0.2) is 0 Å². The average molecular weight is 374 g/mol. The monoisotopic (exact) mass is 374 g/mol. The predicted molar refractivity (Wildman–Crippen MR) is 113 cm³/mol. The van der Waals surface area contributed by atoms with Crippen molar-refractivity contribution in [3.05, 3.63) is 95.6 Å². The minimum Gasteiger partial charge on any atom is -0.495 e. The second-order valence-electron chi connectivity index (χ2n) is 6.91. The maximum Gasteiger partial charge on any atom is 0.246 e. The zero-order valence-electron chi connectivity index (χ0n) is 16.6. The minimum atomic E-state index is -0.424. The number of amides is 1. The van der Waals surface area contributed by atoms with Gasteiger partial charge in [-0.1, -0.05) is 66.7 Å². The van der Waals surface area contributed by atoms with Gasteiger partial charge in [-0.3, -0.25) is 9.69 Å². The SMILES string of the molecule is COc1ccc(C)cc1NC(=O)[C@@H](c1ccccc1)N(C)Cc1ccccc1. The highest BCUT2D eigenvalue weighted by atomic mass is 16.5. The van der Waals surface area contributed by atoms with E-state index < -0.39 is 6.04 Å². The fourth-order valence-electron chi connectivity index (χ4n) is 3.32. The van der Waals surface area contributed by atoms with E-state index in [1.54, 1.807) is 7.11 Å². The Morgan fingerprint density at radius 2 is 1.64 bits per heavy atom. The molecule has 28 heavy (non-hydrogen) atoms. The molecule has 3 aromatic rings. The van der Waals surface area contributed by atoms with Crippen molar-refractivity contribution in [1.82, 2.24) is 4.90 Å². The molecule has 0 aromatic heterocycles. The molecule has 0 aliphatic heterocycles. The predicted octanol–water partition coefficient (Wildman–Crippen LogP) is 4.82. The Bertz CT molecular complexity index is 910. The molecule has 1 atom stereocenters. The fraction of sp³-hybridized carbons (Fsp3) is 0.208. The zero-order valence-corrected chi connectivity index (χ0v) is 16.6. The largest absolute Gasteiger partial charge is 0.495 e. The Kier molecular flexibility index (Phi) is 6.45. The summed E-state index contributed by atoms with van der Waals surface area (Å²) in [5, 5.41) is 3.06. The summed E-state index contributed by atoms with van der Waals surface area (Å²) in [5.74, 6) is 0.560. The quantitative estimate of drug-likeness (QED) is 0.645. The Balaban J connectivity index is 1.88. The molecule has 0 saturated heterocycles. The number of carbonyl (C=O) groups is 1. The number of benzene rings is 3. The van der Waals surface area contributed by atoms with Crippen LogP contribution < -0.4 is 10.1 Å². The number of nitrogens with zero attached hydrogens (tertiary/aromatic N) is 1. The van der Waals surface area contributed by atoms with E-state index in [1.165, 1.54) is 0 Å². The molecule has 4 nitrogen and oxygen atoms in total. The first-order valence-corrected chi connectivity index (χ1v) is 9.33. The molecule has 0 saturated carbocycles. The van der Waals surface area contributed by atoms with Gasteiger partial charge in [-0.15, -0.1) is 0 Å². The highest BCUT2D eigenvalue weighted by Crippen LogP contribution is 2.28. The summed E-state index contributed by atoms with van der Waals surface area (Å²) >= 11 is 0. The van der Waals surface area contributed by atoms with Crippen LogP contribution in [0.25, 0.3) is 0 Å². The van der Waals surface area contributed by atoms with Crippen LogP contribution in [0.3, 0.4) is 0 Å². The van der Waals surface area contributed by atoms with E-state index in [4.69, 9.17) is 4.74 Å². The maximum absolute atomic E-state index is 13.3. The van der Waals surface area contributed by atoms with Gasteiger partial charge in [0.05, 0.1) is 12.8 Å². The molecular weight excluding hydrogens is 348 g/mol. The normalized spacial score (nSPS) is 11.9. The van der Waals surface area contributed by atoms with Crippen LogP contribution in [0.15, 0.2) is 78.9 Å². The second-order valence-corrected chi connectivity index (χ2v) is 6.91. The van der Waals surface area contributed by atoms with Gasteiger partial charge in [0.1, 0.15) is 11.8 Å². The van der Waals surface area contributed by atoms with Gasteiger partial charge in [0.25, 0.3) is 0 Å². The van der Waals surface area contributed by atoms with Gasteiger partial charge < -0.3 is 10.1 Å². The van der Waals surface area contributed by atoms with Crippen LogP contribution in [0.2, 0.25) is 0 Å². The van der Waals surface area contributed by atoms with Crippen molar-refractivity contribution < 1.29 is 9.53 Å². The highest BCUT2D eigenvalue weighted by molar-refractivity contribution is 5.96. The van der Waals surface area contributed by atoms with Crippen molar-refractivity contribution in [1.29, 1.82) is 0 Å². The summed E-state index contributed by atoms with van der Waals surface area (Å²) < 4.78 is 5.41. The molecule has 0 aliphatic rings. The molecular formula is C24H26N2O2. The van der Waals surface area contributed by atoms with E-state index >= 15 is 0 Å². The van der Waals surface area contributed by atoms with Gasteiger partial charge in [0.2, 0.25) is 5.91 Å². The van der Waals surface area contributed by atoms with Crippen LogP contribution in [0.4, 0.5) is 5.69 Å². The van der Waals surface area contributed by atoms with Gasteiger partial charge in [-0.05, 0) is 42.8 Å². The summed E-state index contributed by atoms with van der Waals surface area (Å²) in [6.07, 6.45) is 0. The molecule has 0 spiro atoms. The Labute approximate surface area is 166 Å². The molecule has 0 radical (unpaired) electrons. The number of rotatable bonds is 7. The summed E-state index contributed by atoms with van der Waals surface area (Å²) in [5.41, 5.74) is 3.85. The van der Waals surface area contributed by atoms with Crippen molar-refractivity contribution in [3.63, 3.8) is 0 Å². The first-order chi connectivity index (χ1) is 13.6. The average Bonchev–Trinajstić information content (AvgIpc) is 2.70. The lowest BCUT2D eigenvalue weighted by atomic mass is 10.0. The zero-order chi connectivity index (χ0) is 19.9. The maximum atomic E-state index is 13.3. The van der Waals surface area contributed by atoms with E-state index in [-0.39, 0.29) is 5.91 Å². The molecule has 3 rings (SSSR count). The number of ether oxygens (including phenoxy) is 1. The third-order valence-electron chi connectivity index (χ3n) is 4.69. The first kappa shape index (κ1) is 19.6. The summed E-state index contributed by atoms with van der Waals surface area (Å²) in [7, 11) is 3.58. The fourth-order valence-corrected chi connectivity index (χ4v) is 3.32. The molecule has 0 heterocycles. The number of aryl methyl sites for hydroxylation is 1. The second kappa shape index (κ2) is 9.20. The van der Waals surface area contributed by atoms with Gasteiger partial charge >= 0.3 is 0 Å². The molecule has 0 aliphatic carbocycles. The van der Waals surface area contributed by atoms with Gasteiger partial charge in [0, 0.05) is 6.54 Å². The van der Waals surface area contributed by atoms with E-state index in [0.717, 1.165) is 16.7 Å². The van der Waals surface area contributed by atoms with Crippen molar-refractivity contribution >= 4 is 11.6 Å². The van der Waals surface area contributed by atoms with Crippen LogP contribution in [-0.4, -0.2) is 25.0 Å². The topological polar surface area (TPSA) is 41.6 Å². The van der Waals surface area contributed by atoms with Crippen LogP contribution in [0.5, 0.6) is 5.75 Å². The van der Waals surface area contributed by atoms with Crippen molar-refractivity contribution in [2.24, 2.45) is 0 Å². The number of methoxy groups -OCH3 is 1. The van der Waals surface area contributed by atoms with Crippen LogP contribution >= 0.6 is 0 Å². The molecule has 0 unspecified atom stereocenters. The van der Waals surface area contributed by atoms with Crippen LogP contribution in [0.1, 0.15) is 22.7 Å². The van der Waals surface area contributed by atoms with Crippen molar-refractivity contribution in [2.45, 2.75) is 19.5 Å². The standard InChI is InChI=1S/C24H26N2O2/c1-18-14-15-22(28-3)21(16-18)25-24(27)23(20-12-8-5-9-13-20)26(2)17-19-10-6-4-7-11-19/h4-16,23H,17H2,1-3H3,(H,25,27)/t23-/m1/s1. The summed E-state index contributed by atoms with van der Waals surface area (Å²) in [4.78, 5) is 15.4. The van der Waals surface area contributed by atoms with E-state index in [9.17, 15) is 4.79 Å². The third-order valence-corrected chi connectivity index (χ3v) is 4.69. The molecule has 3 aromatic carbocycles. The number of hydrogen-bond donors (Lipinski definition) is 1. The molecule has 0 bridgehead atoms. The molecule has 0 fully saturated rings. The van der Waals surface area contributed by atoms with Crippen LogP contribution in [-0.2, 0) is 11.3 Å². The van der Waals surface area contributed by atoms with Gasteiger partial charge in [-0.2, -0.15) is 0 Å². The first-order valence-electron chi connectivity index (χ1n) is 9.33. The number of likely N-dealkylation sites (N-methyl/N-ethyl adjacent to an activating group) is 1. The van der Waals surface area contributed by atoms with Crippen LogP contribution in [0, 0.1) is 6.92 Å². The smallest absolute Gasteiger partial charge is 0.246 e. The molecule has 4 heteroatoms. The highest BCUT2D eigenvalue weighted by Gasteiger charge is 2.26. The Hall–Kier alpha value is -3.11.